The van der Waals surface area contributed by atoms with Crippen LogP contribution < -0.4 is 10.6 Å². The molecule has 0 aliphatic carbocycles. The highest BCUT2D eigenvalue weighted by Gasteiger charge is 2.21. The fraction of sp³-hybridized carbons (Fsp3) is 0.571. The van der Waals surface area contributed by atoms with Crippen LogP contribution in [0.5, 0.6) is 0 Å². The molecule has 1 unspecified atom stereocenters. The van der Waals surface area contributed by atoms with Crippen molar-refractivity contribution in [2.24, 2.45) is 0 Å². The van der Waals surface area contributed by atoms with E-state index in [1.54, 1.807) is 18.4 Å². The summed E-state index contributed by atoms with van der Waals surface area (Å²) in [4.78, 5) is 17.2. The van der Waals surface area contributed by atoms with E-state index in [-0.39, 0.29) is 17.7 Å². The number of hydrogen-bond donors (Lipinski definition) is 2. The number of hydrogen-bond acceptors (Lipinski definition) is 4. The average molecular weight is 310 g/mol. The second-order valence-corrected chi connectivity index (χ2v) is 6.59. The van der Waals surface area contributed by atoms with Crippen molar-refractivity contribution in [1.29, 1.82) is 0 Å². The summed E-state index contributed by atoms with van der Waals surface area (Å²) in [5.74, 6) is 0. The second kappa shape index (κ2) is 6.44. The molecule has 0 radical (unpaired) electrons. The number of thiazole rings is 1. The van der Waals surface area contributed by atoms with Crippen LogP contribution in [0.3, 0.4) is 0 Å². The maximum Gasteiger partial charge on any atom is 0.315 e. The molecule has 2 N–H and O–H groups in total. The van der Waals surface area contributed by atoms with Gasteiger partial charge in [0.25, 0.3) is 0 Å². The van der Waals surface area contributed by atoms with Crippen molar-refractivity contribution < 1.29 is 9.53 Å². The summed E-state index contributed by atoms with van der Waals surface area (Å²) in [6.45, 7) is 6.38. The van der Waals surface area contributed by atoms with E-state index in [4.69, 9.17) is 4.74 Å². The summed E-state index contributed by atoms with van der Waals surface area (Å²) < 4.78 is 7.31. The first-order valence-corrected chi connectivity index (χ1v) is 7.78. The first kappa shape index (κ1) is 15.8. The van der Waals surface area contributed by atoms with E-state index in [1.807, 2.05) is 42.9 Å². The first-order chi connectivity index (χ1) is 9.89. The monoisotopic (exact) mass is 310 g/mol. The Morgan fingerprint density at radius 1 is 1.57 bits per heavy atom. The van der Waals surface area contributed by atoms with E-state index in [1.165, 1.54) is 0 Å². The zero-order chi connectivity index (χ0) is 15.5. The first-order valence-electron chi connectivity index (χ1n) is 6.90. The lowest BCUT2D eigenvalue weighted by atomic mass is 10.00. The van der Waals surface area contributed by atoms with Crippen LogP contribution in [0.15, 0.2) is 17.8 Å². The Bertz CT molecular complexity index is 576. The zero-order valence-corrected chi connectivity index (χ0v) is 13.7. The van der Waals surface area contributed by atoms with E-state index in [0.29, 0.717) is 6.54 Å². The third kappa shape index (κ3) is 4.44. The van der Waals surface area contributed by atoms with Crippen LogP contribution in [0, 0.1) is 0 Å². The van der Waals surface area contributed by atoms with E-state index >= 15 is 0 Å². The number of carbonyl (C=O) groups is 1. The summed E-state index contributed by atoms with van der Waals surface area (Å²) in [5, 5.41) is 7.71. The highest BCUT2D eigenvalue weighted by molar-refractivity contribution is 7.15. The van der Waals surface area contributed by atoms with Gasteiger partial charge < -0.3 is 15.4 Å². The van der Waals surface area contributed by atoms with E-state index < -0.39 is 0 Å². The lowest BCUT2D eigenvalue weighted by Gasteiger charge is -2.27. The molecule has 0 saturated heterocycles. The molecule has 0 aliphatic heterocycles. The fourth-order valence-corrected chi connectivity index (χ4v) is 2.90. The lowest BCUT2D eigenvalue weighted by Crippen LogP contribution is -2.43. The van der Waals surface area contributed by atoms with Crippen LogP contribution in [0.2, 0.25) is 0 Å². The van der Waals surface area contributed by atoms with Gasteiger partial charge in [-0.1, -0.05) is 0 Å². The van der Waals surface area contributed by atoms with Gasteiger partial charge in [0.15, 0.2) is 4.96 Å². The van der Waals surface area contributed by atoms with Crippen LogP contribution in [0.1, 0.15) is 32.9 Å². The predicted octanol–water partition coefficient (Wildman–Crippen LogP) is 2.40. The molecule has 2 amide bonds. The molecule has 2 aromatic rings. The molecule has 2 heterocycles. The van der Waals surface area contributed by atoms with Gasteiger partial charge in [-0.05, 0) is 27.2 Å². The van der Waals surface area contributed by atoms with Crippen LogP contribution in [0.25, 0.3) is 4.96 Å². The fourth-order valence-electron chi connectivity index (χ4n) is 2.18. The quantitative estimate of drug-likeness (QED) is 0.861. The molecule has 1 atom stereocenters. The summed E-state index contributed by atoms with van der Waals surface area (Å²) in [6, 6.07) is -0.156. The molecule has 0 saturated carbocycles. The highest BCUT2D eigenvalue weighted by Crippen LogP contribution is 2.15. The maximum absolute atomic E-state index is 11.9. The Morgan fingerprint density at radius 2 is 2.33 bits per heavy atom. The molecule has 2 rings (SSSR count). The van der Waals surface area contributed by atoms with Gasteiger partial charge in [0.05, 0.1) is 17.8 Å². The van der Waals surface area contributed by atoms with Crippen LogP contribution in [-0.4, -0.2) is 34.2 Å². The molecule has 2 aromatic heterocycles. The number of nitrogens with one attached hydrogen (secondary N) is 2. The van der Waals surface area contributed by atoms with Gasteiger partial charge in [-0.25, -0.2) is 9.78 Å². The minimum atomic E-state index is -0.249. The number of imidazole rings is 1. The number of nitrogens with zero attached hydrogens (tertiary/aromatic N) is 2. The average Bonchev–Trinajstić information content (AvgIpc) is 2.96. The summed E-state index contributed by atoms with van der Waals surface area (Å²) in [5.41, 5.74) is 0.600. The molecular weight excluding hydrogens is 288 g/mol. The second-order valence-electron chi connectivity index (χ2n) is 5.72. The molecule has 7 heteroatoms. The van der Waals surface area contributed by atoms with Crippen molar-refractivity contribution in [2.45, 2.75) is 45.4 Å². The van der Waals surface area contributed by atoms with Gasteiger partial charge in [0.2, 0.25) is 0 Å². The van der Waals surface area contributed by atoms with Crippen molar-refractivity contribution in [3.8, 4) is 0 Å². The van der Waals surface area contributed by atoms with Gasteiger partial charge in [-0.15, -0.1) is 11.3 Å². The van der Waals surface area contributed by atoms with Crippen molar-refractivity contribution in [3.05, 3.63) is 23.5 Å². The molecule has 6 nitrogen and oxygen atoms in total. The van der Waals surface area contributed by atoms with Gasteiger partial charge in [-0.3, -0.25) is 4.40 Å². The number of amides is 2. The molecule has 21 heavy (non-hydrogen) atoms. The SMILES string of the molecule is COC(C)(C)CC(C)NC(=O)NCc1cn2ccsc2n1. The molecule has 0 bridgehead atoms. The Kier molecular flexibility index (Phi) is 4.84. The number of carbonyl (C=O) groups excluding carboxylic acids is 1. The number of methoxy groups -OCH3 is 1. The molecule has 0 aromatic carbocycles. The van der Waals surface area contributed by atoms with Crippen molar-refractivity contribution >= 4 is 22.3 Å². The molecular formula is C14H22N4O2S. The number of rotatable bonds is 6. The van der Waals surface area contributed by atoms with Gasteiger partial charge in [-0.2, -0.15) is 0 Å². The number of ether oxygens (including phenoxy) is 1. The Morgan fingerprint density at radius 3 is 3.00 bits per heavy atom. The summed E-state index contributed by atoms with van der Waals surface area (Å²) in [6.07, 6.45) is 4.62. The summed E-state index contributed by atoms with van der Waals surface area (Å²) in [7, 11) is 1.68. The normalized spacial score (nSPS) is 13.3. The smallest absolute Gasteiger partial charge is 0.315 e. The van der Waals surface area contributed by atoms with Gasteiger partial charge in [0.1, 0.15) is 0 Å². The molecule has 0 spiro atoms. The van der Waals surface area contributed by atoms with Gasteiger partial charge in [0, 0.05) is 30.9 Å². The maximum atomic E-state index is 11.9. The minimum absolute atomic E-state index is 0.0328. The zero-order valence-electron chi connectivity index (χ0n) is 12.8. The van der Waals surface area contributed by atoms with Crippen LogP contribution >= 0.6 is 11.3 Å². The van der Waals surface area contributed by atoms with E-state index in [0.717, 1.165) is 17.1 Å². The molecule has 0 aliphatic rings. The van der Waals surface area contributed by atoms with Crippen LogP contribution in [0.4, 0.5) is 4.79 Å². The third-order valence-electron chi connectivity index (χ3n) is 3.30. The topological polar surface area (TPSA) is 67.7 Å². The summed E-state index contributed by atoms with van der Waals surface area (Å²) >= 11 is 1.57. The number of fused-ring (bicyclic) bond motifs is 1. The number of aromatic nitrogens is 2. The Labute approximate surface area is 128 Å². The molecule has 116 valence electrons. The third-order valence-corrected chi connectivity index (χ3v) is 4.07. The van der Waals surface area contributed by atoms with Gasteiger partial charge >= 0.3 is 6.03 Å². The standard InChI is InChI=1S/C14H22N4O2S/c1-10(7-14(2,3)20-4)16-12(19)15-8-11-9-18-5-6-21-13(18)17-11/h5-6,9-10H,7-8H2,1-4H3,(H2,15,16,19). The Balaban J connectivity index is 1.78. The predicted molar refractivity (Wildman–Crippen MR) is 83.6 cm³/mol. The minimum Gasteiger partial charge on any atom is -0.379 e. The van der Waals surface area contributed by atoms with Crippen molar-refractivity contribution in [1.82, 2.24) is 20.0 Å². The number of urea groups is 1. The molecule has 0 fully saturated rings. The Hall–Kier alpha value is -1.60. The van der Waals surface area contributed by atoms with E-state index in [9.17, 15) is 4.79 Å². The largest absolute Gasteiger partial charge is 0.379 e. The van der Waals surface area contributed by atoms with Crippen molar-refractivity contribution in [2.75, 3.05) is 7.11 Å². The lowest BCUT2D eigenvalue weighted by molar-refractivity contribution is 0.00950. The van der Waals surface area contributed by atoms with Crippen LogP contribution in [-0.2, 0) is 11.3 Å². The highest BCUT2D eigenvalue weighted by atomic mass is 32.1. The van der Waals surface area contributed by atoms with E-state index in [2.05, 4.69) is 15.6 Å². The van der Waals surface area contributed by atoms with Crippen molar-refractivity contribution in [3.63, 3.8) is 0 Å².